The zero-order valence-corrected chi connectivity index (χ0v) is 17.7. The molecule has 10 heteroatoms. The predicted octanol–water partition coefficient (Wildman–Crippen LogP) is 4.62. The Balaban J connectivity index is 1.35. The highest BCUT2D eigenvalue weighted by atomic mass is 32.2. The van der Waals surface area contributed by atoms with E-state index in [9.17, 15) is 13.2 Å². The van der Waals surface area contributed by atoms with Gasteiger partial charge in [-0.05, 0) is 42.5 Å². The summed E-state index contributed by atoms with van der Waals surface area (Å²) in [5.74, 6) is 0.638. The second-order valence-corrected chi connectivity index (χ2v) is 8.47. The first-order valence-electron chi connectivity index (χ1n) is 10.1. The summed E-state index contributed by atoms with van der Waals surface area (Å²) in [7, 11) is 0. The molecule has 32 heavy (non-hydrogen) atoms. The van der Waals surface area contributed by atoms with Gasteiger partial charge in [0.05, 0.1) is 5.56 Å². The van der Waals surface area contributed by atoms with Gasteiger partial charge in [0, 0.05) is 36.8 Å². The van der Waals surface area contributed by atoms with Crippen LogP contribution < -0.4 is 9.80 Å². The van der Waals surface area contributed by atoms with Gasteiger partial charge in [-0.2, -0.15) is 22.8 Å². The molecule has 164 valence electrons. The minimum absolute atomic E-state index is 0.470. The Bertz CT molecular complexity index is 1220. The highest BCUT2D eigenvalue weighted by molar-refractivity contribution is 7.99. The van der Waals surface area contributed by atoms with Crippen molar-refractivity contribution in [1.82, 2.24) is 19.8 Å². The number of halogens is 3. The Morgan fingerprint density at radius 2 is 1.53 bits per heavy atom. The van der Waals surface area contributed by atoms with Crippen molar-refractivity contribution in [3.05, 3.63) is 72.3 Å². The first-order valence-corrected chi connectivity index (χ1v) is 10.9. The average molecular weight is 456 g/mol. The van der Waals surface area contributed by atoms with Gasteiger partial charge in [0.2, 0.25) is 5.95 Å². The largest absolute Gasteiger partial charge is 0.416 e. The molecule has 2 aromatic carbocycles. The van der Waals surface area contributed by atoms with Gasteiger partial charge in [-0.1, -0.05) is 36.0 Å². The second kappa shape index (κ2) is 8.34. The Morgan fingerprint density at radius 1 is 0.781 bits per heavy atom. The van der Waals surface area contributed by atoms with Gasteiger partial charge in [-0.3, -0.25) is 0 Å². The molecule has 0 saturated carbocycles. The first-order chi connectivity index (χ1) is 15.5. The van der Waals surface area contributed by atoms with E-state index in [2.05, 4.69) is 37.2 Å². The second-order valence-electron chi connectivity index (χ2n) is 7.38. The minimum Gasteiger partial charge on any atom is -0.368 e. The molecular formula is C22H19F3N6S. The molecule has 0 N–H and O–H groups in total. The molecule has 1 aliphatic heterocycles. The van der Waals surface area contributed by atoms with E-state index >= 15 is 0 Å². The van der Waals surface area contributed by atoms with Crippen LogP contribution in [0.25, 0.3) is 5.65 Å². The standard InChI is InChI=1S/C22H19F3N6S/c23-22(24,25)16-5-4-8-18(15-16)32-20-10-9-19-26-27-21(31(19)28-20)30-13-11-29(12-14-30)17-6-2-1-3-7-17/h1-10,15H,11-14H2. The summed E-state index contributed by atoms with van der Waals surface area (Å²) >= 11 is 1.17. The Labute approximate surface area is 186 Å². The third-order valence-corrected chi connectivity index (χ3v) is 6.21. The number of hydrogen-bond donors (Lipinski definition) is 0. The normalized spacial score (nSPS) is 14.8. The average Bonchev–Trinajstić information content (AvgIpc) is 3.23. The van der Waals surface area contributed by atoms with Crippen molar-refractivity contribution in [3.63, 3.8) is 0 Å². The third kappa shape index (κ3) is 4.22. The number of benzene rings is 2. The molecule has 6 nitrogen and oxygen atoms in total. The van der Waals surface area contributed by atoms with Crippen LogP contribution in [0, 0.1) is 0 Å². The molecule has 0 unspecified atom stereocenters. The van der Waals surface area contributed by atoms with Gasteiger partial charge in [-0.25, -0.2) is 0 Å². The van der Waals surface area contributed by atoms with E-state index in [0.717, 1.165) is 38.3 Å². The van der Waals surface area contributed by atoms with Crippen molar-refractivity contribution >= 4 is 29.0 Å². The van der Waals surface area contributed by atoms with Crippen LogP contribution in [0.2, 0.25) is 0 Å². The number of aromatic nitrogens is 4. The molecule has 0 radical (unpaired) electrons. The molecule has 5 rings (SSSR count). The summed E-state index contributed by atoms with van der Waals surface area (Å²) in [4.78, 5) is 4.92. The van der Waals surface area contributed by atoms with Crippen LogP contribution in [0.5, 0.6) is 0 Å². The summed E-state index contributed by atoms with van der Waals surface area (Å²) in [5.41, 5.74) is 1.11. The van der Waals surface area contributed by atoms with Crippen LogP contribution in [-0.2, 0) is 6.18 Å². The summed E-state index contributed by atoms with van der Waals surface area (Å²) in [6.45, 7) is 3.22. The maximum atomic E-state index is 13.0. The number of nitrogens with zero attached hydrogens (tertiary/aromatic N) is 6. The fraction of sp³-hybridized carbons (Fsp3) is 0.227. The lowest BCUT2D eigenvalue weighted by Gasteiger charge is -2.35. The van der Waals surface area contributed by atoms with Gasteiger partial charge >= 0.3 is 6.18 Å². The summed E-state index contributed by atoms with van der Waals surface area (Å²) in [6.07, 6.45) is -4.38. The van der Waals surface area contributed by atoms with Gasteiger partial charge in [0.1, 0.15) is 5.03 Å². The monoisotopic (exact) mass is 456 g/mol. The van der Waals surface area contributed by atoms with Crippen LogP contribution in [0.15, 0.2) is 76.7 Å². The molecule has 0 amide bonds. The first kappa shape index (κ1) is 20.6. The van der Waals surface area contributed by atoms with Gasteiger partial charge in [0.15, 0.2) is 5.65 Å². The summed E-state index contributed by atoms with van der Waals surface area (Å²) in [5, 5.41) is 13.7. The topological polar surface area (TPSA) is 49.6 Å². The number of para-hydroxylation sites is 1. The molecule has 0 aliphatic carbocycles. The number of anilines is 2. The van der Waals surface area contributed by atoms with Gasteiger partial charge < -0.3 is 9.80 Å². The highest BCUT2D eigenvalue weighted by Crippen LogP contribution is 2.34. The lowest BCUT2D eigenvalue weighted by atomic mass is 10.2. The Morgan fingerprint density at radius 3 is 2.28 bits per heavy atom. The van der Waals surface area contributed by atoms with Gasteiger partial charge in [-0.15, -0.1) is 10.2 Å². The maximum absolute atomic E-state index is 13.0. The zero-order chi connectivity index (χ0) is 22.1. The fourth-order valence-electron chi connectivity index (χ4n) is 3.67. The number of piperazine rings is 1. The fourth-order valence-corrected chi connectivity index (χ4v) is 4.51. The minimum atomic E-state index is -4.38. The van der Waals surface area contributed by atoms with E-state index in [0.29, 0.717) is 21.5 Å². The van der Waals surface area contributed by atoms with Crippen LogP contribution in [0.3, 0.4) is 0 Å². The number of alkyl halides is 3. The Kier molecular flexibility index (Phi) is 5.38. The molecular weight excluding hydrogens is 437 g/mol. The maximum Gasteiger partial charge on any atom is 0.416 e. The lowest BCUT2D eigenvalue weighted by Crippen LogP contribution is -2.47. The molecule has 3 heterocycles. The van der Waals surface area contributed by atoms with E-state index in [4.69, 9.17) is 0 Å². The van der Waals surface area contributed by atoms with Crippen molar-refractivity contribution in [1.29, 1.82) is 0 Å². The van der Waals surface area contributed by atoms with Gasteiger partial charge in [0.25, 0.3) is 0 Å². The molecule has 0 spiro atoms. The quantitative estimate of drug-likeness (QED) is 0.447. The third-order valence-electron chi connectivity index (χ3n) is 5.29. The summed E-state index contributed by atoms with van der Waals surface area (Å²) in [6, 6.07) is 19.0. The van der Waals surface area contributed by atoms with Crippen LogP contribution >= 0.6 is 11.8 Å². The molecule has 1 fully saturated rings. The van der Waals surface area contributed by atoms with Crippen molar-refractivity contribution < 1.29 is 13.2 Å². The van der Waals surface area contributed by atoms with E-state index in [-0.39, 0.29) is 0 Å². The smallest absolute Gasteiger partial charge is 0.368 e. The molecule has 2 aromatic heterocycles. The number of fused-ring (bicyclic) bond motifs is 1. The molecule has 1 aliphatic rings. The predicted molar refractivity (Wildman–Crippen MR) is 117 cm³/mol. The van der Waals surface area contributed by atoms with Crippen molar-refractivity contribution in [2.45, 2.75) is 16.1 Å². The molecule has 0 bridgehead atoms. The van der Waals surface area contributed by atoms with Crippen molar-refractivity contribution in [3.8, 4) is 0 Å². The van der Waals surface area contributed by atoms with Crippen LogP contribution in [-0.4, -0.2) is 46.0 Å². The molecule has 1 saturated heterocycles. The van der Waals surface area contributed by atoms with Crippen molar-refractivity contribution in [2.24, 2.45) is 0 Å². The summed E-state index contributed by atoms with van der Waals surface area (Å²) < 4.78 is 40.7. The van der Waals surface area contributed by atoms with Crippen molar-refractivity contribution in [2.75, 3.05) is 36.0 Å². The molecule has 4 aromatic rings. The zero-order valence-electron chi connectivity index (χ0n) is 16.9. The SMILES string of the molecule is FC(F)(F)c1cccc(Sc2ccc3nnc(N4CCN(c5ccccc5)CC4)n3n2)c1. The van der Waals surface area contributed by atoms with Crippen LogP contribution in [0.1, 0.15) is 5.56 Å². The number of rotatable bonds is 4. The molecule has 0 atom stereocenters. The Hall–Kier alpha value is -3.27. The lowest BCUT2D eigenvalue weighted by molar-refractivity contribution is -0.137. The highest BCUT2D eigenvalue weighted by Gasteiger charge is 2.30. The van der Waals surface area contributed by atoms with E-state index < -0.39 is 11.7 Å². The van der Waals surface area contributed by atoms with E-state index in [1.54, 1.807) is 22.7 Å². The van der Waals surface area contributed by atoms with Crippen LogP contribution in [0.4, 0.5) is 24.8 Å². The van der Waals surface area contributed by atoms with E-state index in [1.807, 2.05) is 18.2 Å². The number of hydrogen-bond acceptors (Lipinski definition) is 6. The van der Waals surface area contributed by atoms with E-state index in [1.165, 1.54) is 23.5 Å².